The monoisotopic (exact) mass is 540 g/mol. The highest BCUT2D eigenvalue weighted by Crippen LogP contribution is 2.32. The molecule has 7 nitrogen and oxygen atoms in total. The number of anilines is 1. The summed E-state index contributed by atoms with van der Waals surface area (Å²) in [6.07, 6.45) is 5.86. The van der Waals surface area contributed by atoms with E-state index in [0.717, 1.165) is 62.7 Å². The van der Waals surface area contributed by atoms with E-state index < -0.39 is 10.0 Å². The Kier molecular flexibility index (Phi) is 9.15. The number of benzene rings is 2. The molecule has 8 heteroatoms. The van der Waals surface area contributed by atoms with Gasteiger partial charge in [-0.05, 0) is 73.6 Å². The minimum atomic E-state index is -3.45. The van der Waals surface area contributed by atoms with Crippen LogP contribution in [0.3, 0.4) is 0 Å². The summed E-state index contributed by atoms with van der Waals surface area (Å²) in [6, 6.07) is 12.3. The molecule has 0 amide bonds. The second-order valence-electron chi connectivity index (χ2n) is 10.9. The van der Waals surface area contributed by atoms with Gasteiger partial charge in [0.05, 0.1) is 18.4 Å². The number of nitrogens with one attached hydrogen (secondary N) is 1. The summed E-state index contributed by atoms with van der Waals surface area (Å²) in [5, 5.41) is 0.608. The van der Waals surface area contributed by atoms with E-state index in [1.165, 1.54) is 6.42 Å². The second-order valence-corrected chi connectivity index (χ2v) is 12.6. The van der Waals surface area contributed by atoms with Gasteiger partial charge in [-0.15, -0.1) is 0 Å². The number of ether oxygens (including phenoxy) is 1. The number of fused-ring (bicyclic) bond motifs is 1. The van der Waals surface area contributed by atoms with Crippen LogP contribution in [0.4, 0.5) is 5.69 Å². The molecule has 2 atom stereocenters. The van der Waals surface area contributed by atoms with Crippen molar-refractivity contribution in [3.05, 3.63) is 59.4 Å². The molecule has 1 aromatic heterocycles. The van der Waals surface area contributed by atoms with Crippen LogP contribution < -0.4 is 9.46 Å². The van der Waals surface area contributed by atoms with Crippen LogP contribution in [0.5, 0.6) is 5.75 Å². The Morgan fingerprint density at radius 3 is 2.45 bits per heavy atom. The van der Waals surface area contributed by atoms with Gasteiger partial charge >= 0.3 is 0 Å². The van der Waals surface area contributed by atoms with E-state index in [-0.39, 0.29) is 5.78 Å². The molecule has 1 aliphatic rings. The Morgan fingerprint density at radius 1 is 1.08 bits per heavy atom. The number of furan rings is 1. The zero-order chi connectivity index (χ0) is 27.3. The molecule has 0 bridgehead atoms. The van der Waals surface area contributed by atoms with Gasteiger partial charge in [-0.1, -0.05) is 27.2 Å². The first-order valence-corrected chi connectivity index (χ1v) is 15.5. The molecule has 2 heterocycles. The molecular formula is C30H40N2O5S. The predicted molar refractivity (Wildman–Crippen MR) is 153 cm³/mol. The number of hydrogen-bond acceptors (Lipinski definition) is 6. The fourth-order valence-electron chi connectivity index (χ4n) is 5.49. The minimum Gasteiger partial charge on any atom is -0.494 e. The van der Waals surface area contributed by atoms with Crippen LogP contribution in [-0.4, -0.2) is 51.6 Å². The van der Waals surface area contributed by atoms with Crippen LogP contribution in [-0.2, 0) is 16.4 Å². The topological polar surface area (TPSA) is 88.8 Å². The highest BCUT2D eigenvalue weighted by atomic mass is 32.2. The Bertz CT molecular complexity index is 1340. The number of carbonyl (C=O) groups is 1. The van der Waals surface area contributed by atoms with Gasteiger partial charge in [0.1, 0.15) is 17.1 Å². The zero-order valence-electron chi connectivity index (χ0n) is 23.0. The highest BCUT2D eigenvalue weighted by molar-refractivity contribution is 7.92. The lowest BCUT2D eigenvalue weighted by Gasteiger charge is -2.34. The van der Waals surface area contributed by atoms with E-state index >= 15 is 0 Å². The maximum absolute atomic E-state index is 13.7. The van der Waals surface area contributed by atoms with Crippen molar-refractivity contribution >= 4 is 32.5 Å². The molecule has 0 saturated carbocycles. The average molecular weight is 541 g/mol. The standard InChI is InChI=1S/C30H40N2O5S/c1-5-6-8-28-29(26-18-24(31-38(4,34)35)11-14-27(26)37-28)30(33)23-9-12-25(13-10-23)36-16-7-15-32-19-21(2)17-22(3)20-32/h9-14,18,21-22,31H,5-8,15-17,19-20H2,1-4H3. The Morgan fingerprint density at radius 2 is 1.79 bits per heavy atom. The van der Waals surface area contributed by atoms with Crippen molar-refractivity contribution in [3.8, 4) is 5.75 Å². The summed E-state index contributed by atoms with van der Waals surface area (Å²) in [5.41, 5.74) is 1.99. The van der Waals surface area contributed by atoms with Gasteiger partial charge in [0.2, 0.25) is 10.0 Å². The number of nitrogens with zero attached hydrogens (tertiary/aromatic N) is 1. The number of sulfonamides is 1. The number of rotatable bonds is 12. The van der Waals surface area contributed by atoms with Crippen LogP contribution in [0.2, 0.25) is 0 Å². The molecule has 0 spiro atoms. The predicted octanol–water partition coefficient (Wildman–Crippen LogP) is 6.12. The van der Waals surface area contributed by atoms with E-state index in [4.69, 9.17) is 9.15 Å². The lowest BCUT2D eigenvalue weighted by atomic mass is 9.92. The van der Waals surface area contributed by atoms with E-state index in [1.54, 1.807) is 30.3 Å². The molecule has 3 aromatic rings. The quantitative estimate of drug-likeness (QED) is 0.220. The van der Waals surface area contributed by atoms with Crippen LogP contribution in [0.1, 0.15) is 68.1 Å². The summed E-state index contributed by atoms with van der Waals surface area (Å²) >= 11 is 0. The lowest BCUT2D eigenvalue weighted by molar-refractivity contribution is 0.103. The summed E-state index contributed by atoms with van der Waals surface area (Å²) in [7, 11) is -3.45. The number of ketones is 1. The highest BCUT2D eigenvalue weighted by Gasteiger charge is 2.23. The average Bonchev–Trinajstić information content (AvgIpc) is 3.21. The third-order valence-corrected chi connectivity index (χ3v) is 7.60. The number of aryl methyl sites for hydroxylation is 1. The number of piperidine rings is 1. The van der Waals surface area contributed by atoms with Gasteiger partial charge in [0, 0.05) is 42.7 Å². The van der Waals surface area contributed by atoms with Crippen LogP contribution >= 0.6 is 0 Å². The van der Waals surface area contributed by atoms with Crippen LogP contribution in [0.25, 0.3) is 11.0 Å². The molecule has 4 rings (SSSR count). The van der Waals surface area contributed by atoms with E-state index in [1.807, 2.05) is 12.1 Å². The maximum atomic E-state index is 13.7. The molecule has 2 aromatic carbocycles. The first kappa shape index (κ1) is 28.2. The summed E-state index contributed by atoms with van der Waals surface area (Å²) in [6.45, 7) is 10.7. The number of hydrogen-bond donors (Lipinski definition) is 1. The van der Waals surface area contributed by atoms with Crippen molar-refractivity contribution in [2.24, 2.45) is 11.8 Å². The van der Waals surface area contributed by atoms with Crippen molar-refractivity contribution in [3.63, 3.8) is 0 Å². The van der Waals surface area contributed by atoms with E-state index in [9.17, 15) is 13.2 Å². The third-order valence-electron chi connectivity index (χ3n) is 7.00. The summed E-state index contributed by atoms with van der Waals surface area (Å²) in [5.74, 6) is 2.73. The van der Waals surface area contributed by atoms with Crippen LogP contribution in [0, 0.1) is 11.8 Å². The smallest absolute Gasteiger partial charge is 0.229 e. The second kappa shape index (κ2) is 12.3. The Balaban J connectivity index is 1.45. The van der Waals surface area contributed by atoms with Crippen molar-refractivity contribution < 1.29 is 22.4 Å². The zero-order valence-corrected chi connectivity index (χ0v) is 23.8. The van der Waals surface area contributed by atoms with Crippen molar-refractivity contribution in [1.29, 1.82) is 0 Å². The first-order valence-electron chi connectivity index (χ1n) is 13.7. The third kappa shape index (κ3) is 7.38. The van der Waals surface area contributed by atoms with Crippen molar-refractivity contribution in [2.45, 2.75) is 52.9 Å². The number of likely N-dealkylation sites (tertiary alicyclic amines) is 1. The van der Waals surface area contributed by atoms with Gasteiger partial charge in [0.15, 0.2) is 5.78 Å². The number of carbonyl (C=O) groups excluding carboxylic acids is 1. The number of unbranched alkanes of at least 4 members (excludes halogenated alkanes) is 1. The minimum absolute atomic E-state index is 0.147. The SMILES string of the molecule is CCCCc1oc2ccc(NS(C)(=O)=O)cc2c1C(=O)c1ccc(OCCCN2CC(C)CC(C)C2)cc1. The fourth-order valence-corrected chi connectivity index (χ4v) is 6.04. The molecule has 1 fully saturated rings. The Labute approximate surface area is 226 Å². The summed E-state index contributed by atoms with van der Waals surface area (Å²) in [4.78, 5) is 16.2. The molecule has 0 aliphatic carbocycles. The Hall–Kier alpha value is -2.84. The summed E-state index contributed by atoms with van der Waals surface area (Å²) < 4.78 is 38.0. The first-order chi connectivity index (χ1) is 18.1. The van der Waals surface area contributed by atoms with Gasteiger partial charge in [-0.2, -0.15) is 0 Å². The van der Waals surface area contributed by atoms with Gasteiger partial charge in [-0.3, -0.25) is 9.52 Å². The molecule has 206 valence electrons. The molecule has 1 saturated heterocycles. The molecule has 38 heavy (non-hydrogen) atoms. The van der Waals surface area contributed by atoms with Gasteiger partial charge in [0.25, 0.3) is 0 Å². The molecule has 1 N–H and O–H groups in total. The van der Waals surface area contributed by atoms with Crippen LogP contribution in [0.15, 0.2) is 46.9 Å². The normalized spacial score (nSPS) is 18.5. The maximum Gasteiger partial charge on any atom is 0.229 e. The molecular weight excluding hydrogens is 500 g/mol. The van der Waals surface area contributed by atoms with E-state index in [2.05, 4.69) is 30.4 Å². The van der Waals surface area contributed by atoms with Gasteiger partial charge < -0.3 is 14.1 Å². The molecule has 0 radical (unpaired) electrons. The lowest BCUT2D eigenvalue weighted by Crippen LogP contribution is -2.39. The van der Waals surface area contributed by atoms with Crippen molar-refractivity contribution in [2.75, 3.05) is 37.2 Å². The largest absolute Gasteiger partial charge is 0.494 e. The fraction of sp³-hybridized carbons (Fsp3) is 0.500. The van der Waals surface area contributed by atoms with Crippen molar-refractivity contribution in [1.82, 2.24) is 4.90 Å². The molecule has 1 aliphatic heterocycles. The van der Waals surface area contributed by atoms with E-state index in [0.29, 0.717) is 46.6 Å². The molecule has 2 unspecified atom stereocenters. The van der Waals surface area contributed by atoms with Gasteiger partial charge in [-0.25, -0.2) is 8.42 Å².